The van der Waals surface area contributed by atoms with Gasteiger partial charge in [-0.1, -0.05) is 22.4 Å². The van der Waals surface area contributed by atoms with Crippen LogP contribution in [-0.4, -0.2) is 110 Å². The molecule has 2 amide bonds. The third-order valence-electron chi connectivity index (χ3n) is 13.8. The van der Waals surface area contributed by atoms with Crippen molar-refractivity contribution in [2.24, 2.45) is 0 Å². The second-order valence-electron chi connectivity index (χ2n) is 18.5. The van der Waals surface area contributed by atoms with Crippen LogP contribution in [0.3, 0.4) is 0 Å². The zero-order valence-electron chi connectivity index (χ0n) is 39.0. The molecule has 69 heavy (non-hydrogen) atoms. The lowest BCUT2D eigenvalue weighted by atomic mass is 10.0. The van der Waals surface area contributed by atoms with Gasteiger partial charge in [-0.15, -0.1) is 0 Å². The maximum absolute atomic E-state index is 14.1. The van der Waals surface area contributed by atoms with Crippen LogP contribution in [0, 0.1) is 33.5 Å². The molecule has 0 saturated carbocycles. The number of carbonyl (C=O) groups is 2. The van der Waals surface area contributed by atoms with E-state index in [-0.39, 0.29) is 36.4 Å². The SMILES string of the molecule is Cc1noc(C)c1-c1ccc2c(c1)nc([C@@H]1CCC(=O)N1)n2[C@@H]1CCN(S(C)(=O)=O)C1.Cc1noc(C)c1-c1ccc2c(c1)nc([C@@H]1CCC(=O)N1c1cncc(F)c1)n2[C@@H]1CCN(S(C)(=O)=O)C1. The first-order valence-corrected chi connectivity index (χ1v) is 26.6. The quantitative estimate of drug-likeness (QED) is 0.166. The van der Waals surface area contributed by atoms with Crippen molar-refractivity contribution < 1.29 is 39.9 Å². The number of imidazole rings is 2. The van der Waals surface area contributed by atoms with E-state index in [1.54, 1.807) is 4.90 Å². The molecule has 0 radical (unpaired) electrons. The number of halogens is 1. The van der Waals surface area contributed by atoms with Gasteiger partial charge in [-0.25, -0.2) is 39.8 Å². The van der Waals surface area contributed by atoms with Crippen molar-refractivity contribution in [3.63, 3.8) is 0 Å². The molecule has 22 heteroatoms. The molecule has 4 fully saturated rings. The molecule has 7 aromatic rings. The topological polar surface area (TPSA) is 225 Å². The van der Waals surface area contributed by atoms with Gasteiger partial charge in [0.2, 0.25) is 31.9 Å². The lowest BCUT2D eigenvalue weighted by Gasteiger charge is -2.27. The number of anilines is 1. The number of aryl methyl sites for hydroxylation is 4. The molecule has 0 spiro atoms. The fourth-order valence-electron chi connectivity index (χ4n) is 10.6. The number of sulfonamides is 2. The molecule has 19 nitrogen and oxygen atoms in total. The Morgan fingerprint density at radius 1 is 0.681 bits per heavy atom. The molecule has 1 N–H and O–H groups in total. The summed E-state index contributed by atoms with van der Waals surface area (Å²) in [5, 5.41) is 11.1. The Labute approximate surface area is 397 Å². The molecule has 4 saturated heterocycles. The Morgan fingerprint density at radius 2 is 1.22 bits per heavy atom. The molecule has 362 valence electrons. The summed E-state index contributed by atoms with van der Waals surface area (Å²) in [4.78, 5) is 40.4. The normalized spacial score (nSPS) is 21.5. The number of pyridine rings is 1. The van der Waals surface area contributed by atoms with Crippen LogP contribution in [0.15, 0.2) is 63.9 Å². The van der Waals surface area contributed by atoms with Crippen molar-refractivity contribution >= 4 is 59.6 Å². The van der Waals surface area contributed by atoms with E-state index < -0.39 is 31.9 Å². The van der Waals surface area contributed by atoms with Crippen molar-refractivity contribution in [1.82, 2.24) is 48.3 Å². The van der Waals surface area contributed by atoms with Gasteiger partial charge in [-0.05, 0) is 88.8 Å². The first-order chi connectivity index (χ1) is 32.8. The van der Waals surface area contributed by atoms with Gasteiger partial charge in [-0.3, -0.25) is 14.6 Å². The highest BCUT2D eigenvalue weighted by atomic mass is 32.2. The number of amides is 2. The number of fused-ring (bicyclic) bond motifs is 2. The van der Waals surface area contributed by atoms with Crippen molar-refractivity contribution in [2.75, 3.05) is 43.6 Å². The van der Waals surface area contributed by atoms with Crippen LogP contribution in [-0.2, 0) is 29.6 Å². The fraction of sp³-hybridized carbons (Fsp3) is 0.426. The molecule has 0 unspecified atom stereocenters. The van der Waals surface area contributed by atoms with Gasteiger partial charge in [0.15, 0.2) is 0 Å². The molecule has 2 aromatic carbocycles. The zero-order chi connectivity index (χ0) is 48.7. The zero-order valence-corrected chi connectivity index (χ0v) is 40.6. The summed E-state index contributed by atoms with van der Waals surface area (Å²) in [5.41, 5.74) is 9.00. The van der Waals surface area contributed by atoms with E-state index >= 15 is 0 Å². The third-order valence-corrected chi connectivity index (χ3v) is 16.3. The average Bonchev–Trinajstić information content (AvgIpc) is 4.15. The number of rotatable bonds is 9. The number of benzene rings is 2. The summed E-state index contributed by atoms with van der Waals surface area (Å²) in [7, 11) is -6.61. The summed E-state index contributed by atoms with van der Waals surface area (Å²) >= 11 is 0. The summed E-state index contributed by atoms with van der Waals surface area (Å²) < 4.78 is 80.7. The molecule has 0 bridgehead atoms. The van der Waals surface area contributed by atoms with Gasteiger partial charge in [0.05, 0.1) is 88.2 Å². The van der Waals surface area contributed by atoms with Crippen molar-refractivity contribution in [2.45, 2.75) is 90.4 Å². The van der Waals surface area contributed by atoms with Gasteiger partial charge in [-0.2, -0.15) is 0 Å². The summed E-state index contributed by atoms with van der Waals surface area (Å²) in [5.74, 6) is 2.24. The summed E-state index contributed by atoms with van der Waals surface area (Å²) in [6, 6.07) is 12.5. The minimum absolute atomic E-state index is 0.0178. The Bertz CT molecular complexity index is 3380. The minimum atomic E-state index is -3.36. The van der Waals surface area contributed by atoms with Crippen LogP contribution in [0.4, 0.5) is 10.1 Å². The molecule has 11 rings (SSSR count). The first kappa shape index (κ1) is 46.4. The molecular weight excluding hydrogens is 930 g/mol. The van der Waals surface area contributed by atoms with Gasteiger partial charge in [0, 0.05) is 56.2 Å². The van der Waals surface area contributed by atoms with E-state index in [2.05, 4.69) is 29.7 Å². The fourth-order valence-corrected chi connectivity index (χ4v) is 12.4. The second-order valence-corrected chi connectivity index (χ2v) is 22.4. The summed E-state index contributed by atoms with van der Waals surface area (Å²) in [6.07, 6.45) is 8.29. The van der Waals surface area contributed by atoms with Crippen LogP contribution in [0.5, 0.6) is 0 Å². The first-order valence-electron chi connectivity index (χ1n) is 22.9. The van der Waals surface area contributed by atoms with E-state index in [9.17, 15) is 30.8 Å². The average molecular weight is 982 g/mol. The predicted octanol–water partition coefficient (Wildman–Crippen LogP) is 6.38. The Morgan fingerprint density at radius 3 is 1.68 bits per heavy atom. The number of hydrogen-bond acceptors (Lipinski definition) is 13. The van der Waals surface area contributed by atoms with Crippen molar-refractivity contribution in [1.29, 1.82) is 0 Å². The monoisotopic (exact) mass is 981 g/mol. The minimum Gasteiger partial charge on any atom is -0.361 e. The van der Waals surface area contributed by atoms with E-state index in [1.807, 2.05) is 64.1 Å². The number of nitrogens with zero attached hydrogens (tertiary/aromatic N) is 10. The number of aromatic nitrogens is 7. The van der Waals surface area contributed by atoms with Crippen LogP contribution < -0.4 is 10.2 Å². The van der Waals surface area contributed by atoms with Gasteiger partial charge >= 0.3 is 0 Å². The lowest BCUT2D eigenvalue weighted by Crippen LogP contribution is -2.31. The highest BCUT2D eigenvalue weighted by Gasteiger charge is 2.41. The van der Waals surface area contributed by atoms with E-state index in [0.29, 0.717) is 81.1 Å². The molecule has 0 aliphatic carbocycles. The molecular formula is C47H52FN11O8S2. The second kappa shape index (κ2) is 17.6. The smallest absolute Gasteiger partial charge is 0.227 e. The van der Waals surface area contributed by atoms with Crippen LogP contribution in [0.1, 0.15) is 97.2 Å². The van der Waals surface area contributed by atoms with Gasteiger partial charge in [0.1, 0.15) is 29.0 Å². The maximum Gasteiger partial charge on any atom is 0.227 e. The van der Waals surface area contributed by atoms with E-state index in [0.717, 1.165) is 68.0 Å². The number of hydrogen-bond donors (Lipinski definition) is 1. The highest BCUT2D eigenvalue weighted by Crippen LogP contribution is 2.42. The van der Waals surface area contributed by atoms with Gasteiger partial charge < -0.3 is 28.4 Å². The molecule has 4 aliphatic heterocycles. The number of carbonyl (C=O) groups excluding carboxylic acids is 2. The van der Waals surface area contributed by atoms with E-state index in [4.69, 9.17) is 19.0 Å². The highest BCUT2D eigenvalue weighted by molar-refractivity contribution is 7.88. The predicted molar refractivity (Wildman–Crippen MR) is 253 cm³/mol. The van der Waals surface area contributed by atoms with Crippen LogP contribution in [0.25, 0.3) is 44.3 Å². The Kier molecular flexibility index (Phi) is 11.8. The molecule has 9 heterocycles. The number of nitrogens with one attached hydrogen (secondary N) is 1. The molecule has 4 atom stereocenters. The third kappa shape index (κ3) is 8.60. The molecule has 5 aromatic heterocycles. The van der Waals surface area contributed by atoms with Crippen molar-refractivity contribution in [3.05, 3.63) is 95.2 Å². The Balaban J connectivity index is 0.000000164. The summed E-state index contributed by atoms with van der Waals surface area (Å²) in [6.45, 7) is 9.14. The lowest BCUT2D eigenvalue weighted by molar-refractivity contribution is -0.119. The standard InChI is InChI=1S/C26H27FN6O4S.C21H25N5O4S/c1-15-25(16(2)37-30-15)17-4-5-22-21(10-17)29-26(33(22)19-8-9-31(14-19)38(3,35)36)23-6-7-24(34)32(23)20-11-18(27)12-28-13-20;1-12-20(13(2)30-24-12)14-4-6-18-17(10-14)23-21(16-5-7-19(27)22-16)26(18)15-8-9-25(11-15)31(3,28)29/h4-5,10-13,19,23H,6-9,14H2,1-3H3;4,6,10,15-16H,5,7-9,11H2,1-3H3,(H,22,27)/t19-,23+;15-,16+/m11/s1. The largest absolute Gasteiger partial charge is 0.361 e. The van der Waals surface area contributed by atoms with Crippen LogP contribution in [0.2, 0.25) is 0 Å². The molecule has 4 aliphatic rings. The maximum atomic E-state index is 14.1. The van der Waals surface area contributed by atoms with E-state index in [1.165, 1.54) is 33.4 Å². The van der Waals surface area contributed by atoms with Gasteiger partial charge in [0.25, 0.3) is 0 Å². The van der Waals surface area contributed by atoms with Crippen molar-refractivity contribution in [3.8, 4) is 22.3 Å². The van der Waals surface area contributed by atoms with Crippen LogP contribution >= 0.6 is 0 Å². The Hall–Kier alpha value is -6.36.